The largest absolute Gasteiger partial charge is 0.469 e. The molecule has 9 nitrogen and oxygen atoms in total. The van der Waals surface area contributed by atoms with Crippen molar-refractivity contribution in [2.45, 2.75) is 44.0 Å². The van der Waals surface area contributed by atoms with Gasteiger partial charge in [0.05, 0.1) is 22.6 Å². The minimum absolute atomic E-state index is 0.123. The van der Waals surface area contributed by atoms with Gasteiger partial charge in [-0.3, -0.25) is 4.79 Å². The molecule has 0 unspecified atom stereocenters. The molecule has 3 aromatic rings. The van der Waals surface area contributed by atoms with Crippen molar-refractivity contribution in [3.05, 3.63) is 42.4 Å². The maximum Gasteiger partial charge on any atom is 0.243 e. The smallest absolute Gasteiger partial charge is 0.243 e. The maximum atomic E-state index is 13.2. The molecule has 1 N–H and O–H groups in total. The fourth-order valence-corrected chi connectivity index (χ4v) is 5.44. The van der Waals surface area contributed by atoms with Crippen LogP contribution in [-0.4, -0.2) is 53.3 Å². The number of piperidine rings is 1. The van der Waals surface area contributed by atoms with E-state index >= 15 is 0 Å². The van der Waals surface area contributed by atoms with Gasteiger partial charge in [0.25, 0.3) is 0 Å². The van der Waals surface area contributed by atoms with Gasteiger partial charge >= 0.3 is 0 Å². The molecule has 1 aliphatic rings. The van der Waals surface area contributed by atoms with Gasteiger partial charge < -0.3 is 9.73 Å². The first-order chi connectivity index (χ1) is 14.9. The van der Waals surface area contributed by atoms with Crippen LogP contribution in [0.4, 0.5) is 0 Å². The highest BCUT2D eigenvalue weighted by Crippen LogP contribution is 2.26. The second-order valence-corrected chi connectivity index (χ2v) is 10.0. The summed E-state index contributed by atoms with van der Waals surface area (Å²) in [5.41, 5.74) is 1.33. The first kappa shape index (κ1) is 21.5. The van der Waals surface area contributed by atoms with Gasteiger partial charge in [0.15, 0.2) is 0 Å². The molecule has 10 heteroatoms. The van der Waals surface area contributed by atoms with Crippen LogP contribution in [0.5, 0.6) is 0 Å². The summed E-state index contributed by atoms with van der Waals surface area (Å²) in [6, 6.07) is 8.68. The highest BCUT2D eigenvalue weighted by atomic mass is 32.2. The van der Waals surface area contributed by atoms with E-state index in [0.717, 1.165) is 11.3 Å². The Morgan fingerprint density at radius 2 is 2.16 bits per heavy atom. The summed E-state index contributed by atoms with van der Waals surface area (Å²) in [5, 5.41) is 11.1. The highest BCUT2D eigenvalue weighted by Gasteiger charge is 2.33. The van der Waals surface area contributed by atoms with Gasteiger partial charge in [-0.15, -0.1) is 5.10 Å². The molecule has 1 aromatic carbocycles. The van der Waals surface area contributed by atoms with Crippen molar-refractivity contribution in [1.82, 2.24) is 24.6 Å². The molecule has 1 aliphatic heterocycles. The van der Waals surface area contributed by atoms with Crippen molar-refractivity contribution in [2.75, 3.05) is 19.6 Å². The lowest BCUT2D eigenvalue weighted by atomic mass is 9.99. The Morgan fingerprint density at radius 1 is 1.32 bits per heavy atom. The van der Waals surface area contributed by atoms with E-state index in [4.69, 9.17) is 4.42 Å². The van der Waals surface area contributed by atoms with Gasteiger partial charge in [-0.2, -0.15) is 4.31 Å². The maximum absolute atomic E-state index is 13.2. The molecule has 1 atom stereocenters. The number of nitrogens with zero attached hydrogens (tertiary/aromatic N) is 4. The number of furan rings is 1. The second kappa shape index (κ2) is 8.80. The van der Waals surface area contributed by atoms with E-state index in [9.17, 15) is 13.2 Å². The van der Waals surface area contributed by atoms with E-state index in [-0.39, 0.29) is 29.3 Å². The SMILES string of the molecule is CC(C)n1nnc2cc(S(=O)(=O)N3CCC[C@H](C(=O)NCCc4ccco4)C3)ccc21. The van der Waals surface area contributed by atoms with Crippen molar-refractivity contribution < 1.29 is 17.6 Å². The van der Waals surface area contributed by atoms with Crippen LogP contribution in [0, 0.1) is 5.92 Å². The van der Waals surface area contributed by atoms with Crippen molar-refractivity contribution in [3.8, 4) is 0 Å². The van der Waals surface area contributed by atoms with E-state index in [2.05, 4.69) is 15.6 Å². The fraction of sp³-hybridized carbons (Fsp3) is 0.476. The van der Waals surface area contributed by atoms with Crippen LogP contribution in [0.25, 0.3) is 11.0 Å². The van der Waals surface area contributed by atoms with Gasteiger partial charge in [0.2, 0.25) is 15.9 Å². The van der Waals surface area contributed by atoms with E-state index in [1.807, 2.05) is 26.0 Å². The Morgan fingerprint density at radius 3 is 2.90 bits per heavy atom. The number of rotatable bonds is 7. The van der Waals surface area contributed by atoms with Crippen molar-refractivity contribution in [2.24, 2.45) is 5.92 Å². The van der Waals surface area contributed by atoms with E-state index < -0.39 is 10.0 Å². The summed E-state index contributed by atoms with van der Waals surface area (Å²) in [6.07, 6.45) is 3.51. The first-order valence-corrected chi connectivity index (χ1v) is 12.0. The van der Waals surface area contributed by atoms with Crippen LogP contribution in [0.2, 0.25) is 0 Å². The summed E-state index contributed by atoms with van der Waals surface area (Å²) in [5.74, 6) is 0.311. The topological polar surface area (TPSA) is 110 Å². The van der Waals surface area contributed by atoms with Crippen LogP contribution < -0.4 is 5.32 Å². The van der Waals surface area contributed by atoms with E-state index in [1.54, 1.807) is 29.1 Å². The lowest BCUT2D eigenvalue weighted by Crippen LogP contribution is -2.45. The summed E-state index contributed by atoms with van der Waals surface area (Å²) in [6.45, 7) is 5.01. The zero-order valence-electron chi connectivity index (χ0n) is 17.7. The Kier molecular flexibility index (Phi) is 6.10. The minimum atomic E-state index is -3.73. The number of carbonyl (C=O) groups is 1. The molecule has 4 rings (SSSR count). The number of sulfonamides is 1. The van der Waals surface area contributed by atoms with Gasteiger partial charge in [0.1, 0.15) is 11.3 Å². The highest BCUT2D eigenvalue weighted by molar-refractivity contribution is 7.89. The van der Waals surface area contributed by atoms with Crippen molar-refractivity contribution in [1.29, 1.82) is 0 Å². The predicted octanol–water partition coefficient (Wildman–Crippen LogP) is 2.36. The normalized spacial score (nSPS) is 18.0. The van der Waals surface area contributed by atoms with Crippen LogP contribution in [0.15, 0.2) is 45.9 Å². The number of nitrogens with one attached hydrogen (secondary N) is 1. The number of hydrogen-bond donors (Lipinski definition) is 1. The molecule has 1 amide bonds. The summed E-state index contributed by atoms with van der Waals surface area (Å²) >= 11 is 0. The van der Waals surface area contributed by atoms with Gasteiger partial charge in [-0.1, -0.05) is 5.21 Å². The lowest BCUT2D eigenvalue weighted by molar-refractivity contribution is -0.126. The second-order valence-electron chi connectivity index (χ2n) is 8.10. The van der Waals surface area contributed by atoms with E-state index in [1.165, 1.54) is 4.31 Å². The van der Waals surface area contributed by atoms with Gasteiger partial charge in [0, 0.05) is 32.1 Å². The summed E-state index contributed by atoms with van der Waals surface area (Å²) in [7, 11) is -3.73. The predicted molar refractivity (Wildman–Crippen MR) is 115 cm³/mol. The van der Waals surface area contributed by atoms with Crippen LogP contribution in [0.3, 0.4) is 0 Å². The monoisotopic (exact) mass is 445 g/mol. The number of benzene rings is 1. The molecule has 0 saturated carbocycles. The summed E-state index contributed by atoms with van der Waals surface area (Å²) < 4.78 is 34.9. The Bertz CT molecular complexity index is 1150. The Hall–Kier alpha value is -2.72. The number of carbonyl (C=O) groups excluding carboxylic acids is 1. The molecule has 0 spiro atoms. The molecule has 2 aromatic heterocycles. The molecular formula is C21H27N5O4S. The Balaban J connectivity index is 1.44. The average molecular weight is 446 g/mol. The van der Waals surface area contributed by atoms with Crippen LogP contribution >= 0.6 is 0 Å². The molecule has 0 radical (unpaired) electrons. The molecule has 0 bridgehead atoms. The van der Waals surface area contributed by atoms with Gasteiger partial charge in [-0.05, 0) is 57.0 Å². The molecule has 166 valence electrons. The third-order valence-corrected chi connectivity index (χ3v) is 7.44. The fourth-order valence-electron chi connectivity index (χ4n) is 3.90. The van der Waals surface area contributed by atoms with Crippen molar-refractivity contribution in [3.63, 3.8) is 0 Å². The average Bonchev–Trinajstić information content (AvgIpc) is 3.43. The van der Waals surface area contributed by atoms with Crippen LogP contribution in [-0.2, 0) is 21.2 Å². The standard InChI is InChI=1S/C21H27N5O4S/c1-15(2)26-20-8-7-18(13-19(20)23-24-26)31(28,29)25-11-3-5-16(14-25)21(27)22-10-9-17-6-4-12-30-17/h4,6-8,12-13,15-16H,3,5,9-11,14H2,1-2H3,(H,22,27)/t16-/m0/s1. The number of amides is 1. The van der Waals surface area contributed by atoms with Gasteiger partial charge in [-0.25, -0.2) is 13.1 Å². The molecular weight excluding hydrogens is 418 g/mol. The number of aromatic nitrogens is 3. The number of hydrogen-bond acceptors (Lipinski definition) is 6. The quantitative estimate of drug-likeness (QED) is 0.598. The first-order valence-electron chi connectivity index (χ1n) is 10.5. The van der Waals surface area contributed by atoms with Crippen LogP contribution in [0.1, 0.15) is 38.5 Å². The minimum Gasteiger partial charge on any atom is -0.469 e. The molecule has 31 heavy (non-hydrogen) atoms. The molecule has 3 heterocycles. The lowest BCUT2D eigenvalue weighted by Gasteiger charge is -2.31. The molecule has 0 aliphatic carbocycles. The number of fused-ring (bicyclic) bond motifs is 1. The zero-order valence-corrected chi connectivity index (χ0v) is 18.5. The Labute approximate surface area is 181 Å². The molecule has 1 saturated heterocycles. The van der Waals surface area contributed by atoms with Crippen molar-refractivity contribution >= 4 is 27.0 Å². The molecule has 1 fully saturated rings. The van der Waals surface area contributed by atoms with E-state index in [0.29, 0.717) is 37.9 Å². The third-order valence-electron chi connectivity index (χ3n) is 5.58. The third kappa shape index (κ3) is 4.49. The zero-order chi connectivity index (χ0) is 22.0. The summed E-state index contributed by atoms with van der Waals surface area (Å²) in [4.78, 5) is 12.8.